The van der Waals surface area contributed by atoms with Crippen molar-refractivity contribution in [3.8, 4) is 11.5 Å². The van der Waals surface area contributed by atoms with Crippen LogP contribution in [0.25, 0.3) is 0 Å². The molecule has 0 heterocycles. The van der Waals surface area contributed by atoms with Gasteiger partial charge in [-0.3, -0.25) is 4.79 Å². The standard InChI is InChI=1S/C17H16O4/c1-11(2)17(20)21-13-8-9-14(15(18)10-13)16(19)12-6-4-3-5-7-12/h3-10,17-18,20H,1H2,2H3. The highest BCUT2D eigenvalue weighted by atomic mass is 16.6. The van der Waals surface area contributed by atoms with Gasteiger partial charge in [0, 0.05) is 11.6 Å². The molecule has 1 unspecified atom stereocenters. The number of benzene rings is 2. The first-order valence-corrected chi connectivity index (χ1v) is 6.42. The Morgan fingerprint density at radius 2 is 1.86 bits per heavy atom. The molecule has 2 aromatic rings. The number of phenolic OH excluding ortho intramolecular Hbond substituents is 1. The number of aliphatic hydroxyl groups excluding tert-OH is 1. The van der Waals surface area contributed by atoms with E-state index in [1.165, 1.54) is 18.2 Å². The van der Waals surface area contributed by atoms with Gasteiger partial charge in [-0.1, -0.05) is 36.9 Å². The van der Waals surface area contributed by atoms with Crippen molar-refractivity contribution in [3.05, 3.63) is 71.8 Å². The lowest BCUT2D eigenvalue weighted by atomic mass is 10.0. The van der Waals surface area contributed by atoms with Crippen molar-refractivity contribution >= 4 is 5.78 Å². The van der Waals surface area contributed by atoms with Gasteiger partial charge in [-0.15, -0.1) is 0 Å². The predicted octanol–water partition coefficient (Wildman–Crippen LogP) is 2.90. The van der Waals surface area contributed by atoms with E-state index in [4.69, 9.17) is 4.74 Å². The van der Waals surface area contributed by atoms with Crippen molar-refractivity contribution in [2.45, 2.75) is 13.2 Å². The van der Waals surface area contributed by atoms with Crippen molar-refractivity contribution in [1.29, 1.82) is 0 Å². The van der Waals surface area contributed by atoms with Gasteiger partial charge < -0.3 is 14.9 Å². The number of rotatable bonds is 5. The topological polar surface area (TPSA) is 66.8 Å². The SMILES string of the molecule is C=C(C)C(O)Oc1ccc(C(=O)c2ccccc2)c(O)c1. The van der Waals surface area contributed by atoms with E-state index in [-0.39, 0.29) is 22.8 Å². The van der Waals surface area contributed by atoms with Crippen molar-refractivity contribution in [3.63, 3.8) is 0 Å². The summed E-state index contributed by atoms with van der Waals surface area (Å²) in [6.45, 7) is 5.19. The molecule has 0 saturated carbocycles. The molecule has 0 saturated heterocycles. The van der Waals surface area contributed by atoms with Crippen LogP contribution in [0, 0.1) is 0 Å². The molecule has 21 heavy (non-hydrogen) atoms. The zero-order valence-corrected chi connectivity index (χ0v) is 11.6. The molecule has 2 N–H and O–H groups in total. The first-order valence-electron chi connectivity index (χ1n) is 6.42. The molecule has 0 fully saturated rings. The van der Waals surface area contributed by atoms with Crippen molar-refractivity contribution in [2.75, 3.05) is 0 Å². The smallest absolute Gasteiger partial charge is 0.219 e. The van der Waals surface area contributed by atoms with E-state index >= 15 is 0 Å². The Labute approximate surface area is 122 Å². The minimum atomic E-state index is -1.15. The third-order valence-electron chi connectivity index (χ3n) is 2.92. The van der Waals surface area contributed by atoms with Crippen LogP contribution in [0.15, 0.2) is 60.7 Å². The second kappa shape index (κ2) is 6.24. The molecule has 0 aliphatic heterocycles. The zero-order valence-electron chi connectivity index (χ0n) is 11.6. The minimum Gasteiger partial charge on any atom is -0.507 e. The summed E-state index contributed by atoms with van der Waals surface area (Å²) in [6, 6.07) is 13.0. The average molecular weight is 284 g/mol. The van der Waals surface area contributed by atoms with Crippen LogP contribution in [0.2, 0.25) is 0 Å². The molecule has 0 aliphatic carbocycles. The van der Waals surface area contributed by atoms with Gasteiger partial charge in [0.2, 0.25) is 6.29 Å². The van der Waals surface area contributed by atoms with Crippen molar-refractivity contribution in [2.24, 2.45) is 0 Å². The quantitative estimate of drug-likeness (QED) is 0.503. The van der Waals surface area contributed by atoms with Gasteiger partial charge in [0.15, 0.2) is 5.78 Å². The van der Waals surface area contributed by atoms with Gasteiger partial charge in [0.1, 0.15) is 11.5 Å². The summed E-state index contributed by atoms with van der Waals surface area (Å²) < 4.78 is 5.18. The lowest BCUT2D eigenvalue weighted by Gasteiger charge is -2.14. The number of hydrogen-bond acceptors (Lipinski definition) is 4. The van der Waals surface area contributed by atoms with Crippen molar-refractivity contribution in [1.82, 2.24) is 0 Å². The van der Waals surface area contributed by atoms with E-state index in [1.54, 1.807) is 31.2 Å². The molecule has 2 rings (SSSR count). The molecule has 2 aromatic carbocycles. The highest BCUT2D eigenvalue weighted by Gasteiger charge is 2.15. The maximum atomic E-state index is 12.2. The fourth-order valence-corrected chi connectivity index (χ4v) is 1.75. The molecule has 0 bridgehead atoms. The highest BCUT2D eigenvalue weighted by Crippen LogP contribution is 2.26. The summed E-state index contributed by atoms with van der Waals surface area (Å²) in [5, 5.41) is 19.5. The average Bonchev–Trinajstić information content (AvgIpc) is 2.47. The van der Waals surface area contributed by atoms with E-state index < -0.39 is 6.29 Å². The fourth-order valence-electron chi connectivity index (χ4n) is 1.75. The molecule has 0 radical (unpaired) electrons. The van der Waals surface area contributed by atoms with Gasteiger partial charge in [-0.25, -0.2) is 0 Å². The lowest BCUT2D eigenvalue weighted by molar-refractivity contribution is 0.0150. The van der Waals surface area contributed by atoms with E-state index in [9.17, 15) is 15.0 Å². The first-order chi connectivity index (χ1) is 9.99. The van der Waals surface area contributed by atoms with E-state index in [2.05, 4.69) is 6.58 Å². The summed E-state index contributed by atoms with van der Waals surface area (Å²) in [4.78, 5) is 12.2. The Balaban J connectivity index is 2.24. The largest absolute Gasteiger partial charge is 0.507 e. The van der Waals surface area contributed by atoms with Gasteiger partial charge in [-0.2, -0.15) is 0 Å². The first kappa shape index (κ1) is 14.8. The van der Waals surface area contributed by atoms with Crippen LogP contribution in [0.5, 0.6) is 11.5 Å². The van der Waals surface area contributed by atoms with Crippen LogP contribution in [-0.2, 0) is 0 Å². The van der Waals surface area contributed by atoms with Crippen LogP contribution in [0.4, 0.5) is 0 Å². The van der Waals surface area contributed by atoms with Crippen LogP contribution in [0.1, 0.15) is 22.8 Å². The molecule has 0 aliphatic rings. The predicted molar refractivity (Wildman–Crippen MR) is 79.4 cm³/mol. The third kappa shape index (κ3) is 3.49. The number of aromatic hydroxyl groups is 1. The van der Waals surface area contributed by atoms with Crippen LogP contribution >= 0.6 is 0 Å². The highest BCUT2D eigenvalue weighted by molar-refractivity contribution is 6.10. The Kier molecular flexibility index (Phi) is 4.40. The molecule has 0 spiro atoms. The number of carbonyl (C=O) groups is 1. The minimum absolute atomic E-state index is 0.179. The summed E-state index contributed by atoms with van der Waals surface area (Å²) in [5.74, 6) is -0.219. The third-order valence-corrected chi connectivity index (χ3v) is 2.92. The van der Waals surface area contributed by atoms with Gasteiger partial charge in [0.05, 0.1) is 5.56 Å². The molecule has 108 valence electrons. The Morgan fingerprint density at radius 1 is 1.19 bits per heavy atom. The maximum absolute atomic E-state index is 12.2. The number of carbonyl (C=O) groups excluding carboxylic acids is 1. The number of hydrogen-bond donors (Lipinski definition) is 2. The van der Waals surface area contributed by atoms with E-state index in [0.717, 1.165) is 0 Å². The zero-order chi connectivity index (χ0) is 15.4. The summed E-state index contributed by atoms with van der Waals surface area (Å²) >= 11 is 0. The number of phenols is 1. The van der Waals surface area contributed by atoms with Crippen LogP contribution in [0.3, 0.4) is 0 Å². The molecular formula is C17H16O4. The van der Waals surface area contributed by atoms with Crippen LogP contribution < -0.4 is 4.74 Å². The van der Waals surface area contributed by atoms with Crippen LogP contribution in [-0.4, -0.2) is 22.3 Å². The van der Waals surface area contributed by atoms with Crippen molar-refractivity contribution < 1.29 is 19.7 Å². The second-order valence-corrected chi connectivity index (χ2v) is 4.69. The van der Waals surface area contributed by atoms with Gasteiger partial charge in [-0.05, 0) is 24.6 Å². The van der Waals surface area contributed by atoms with E-state index in [0.29, 0.717) is 11.1 Å². The number of aliphatic hydroxyl groups is 1. The molecule has 4 nitrogen and oxygen atoms in total. The fraction of sp³-hybridized carbons (Fsp3) is 0.118. The summed E-state index contributed by atoms with van der Waals surface area (Å²) in [7, 11) is 0. The molecular weight excluding hydrogens is 268 g/mol. The summed E-state index contributed by atoms with van der Waals surface area (Å²) in [6.07, 6.45) is -1.15. The molecule has 1 atom stereocenters. The van der Waals surface area contributed by atoms with Gasteiger partial charge >= 0.3 is 0 Å². The molecule has 0 aromatic heterocycles. The molecule has 4 heteroatoms. The monoisotopic (exact) mass is 284 g/mol. The van der Waals surface area contributed by atoms with Gasteiger partial charge in [0.25, 0.3) is 0 Å². The maximum Gasteiger partial charge on any atom is 0.219 e. The number of ether oxygens (including phenoxy) is 1. The summed E-state index contributed by atoms with van der Waals surface area (Å²) in [5.41, 5.74) is 1.11. The Hall–Kier alpha value is -2.59. The Bertz CT molecular complexity index is 662. The Morgan fingerprint density at radius 3 is 2.43 bits per heavy atom. The van der Waals surface area contributed by atoms with E-state index in [1.807, 2.05) is 6.07 Å². The molecule has 0 amide bonds. The normalized spacial score (nSPS) is 11.7. The second-order valence-electron chi connectivity index (χ2n) is 4.69. The number of ketones is 1. The lowest BCUT2D eigenvalue weighted by Crippen LogP contribution is -2.16.